The summed E-state index contributed by atoms with van der Waals surface area (Å²) >= 11 is 0. The summed E-state index contributed by atoms with van der Waals surface area (Å²) in [5.41, 5.74) is 3.99. The van der Waals surface area contributed by atoms with Crippen molar-refractivity contribution in [2.24, 2.45) is 11.3 Å². The Morgan fingerprint density at radius 3 is 2.82 bits per heavy atom. The Morgan fingerprint density at radius 2 is 2.18 bits per heavy atom. The van der Waals surface area contributed by atoms with Crippen molar-refractivity contribution in [1.82, 2.24) is 4.90 Å². The van der Waals surface area contributed by atoms with E-state index in [0.29, 0.717) is 6.61 Å². The lowest BCUT2D eigenvalue weighted by molar-refractivity contribution is -0.123. The summed E-state index contributed by atoms with van der Waals surface area (Å²) in [6.07, 6.45) is 4.17. The number of hydrogen-bond acceptors (Lipinski definition) is 3. The van der Waals surface area contributed by atoms with Gasteiger partial charge in [0.05, 0.1) is 6.10 Å². The highest BCUT2D eigenvalue weighted by molar-refractivity contribution is 6.00. The van der Waals surface area contributed by atoms with Crippen LogP contribution >= 0.6 is 0 Å². The van der Waals surface area contributed by atoms with Crippen molar-refractivity contribution in [3.63, 3.8) is 0 Å². The van der Waals surface area contributed by atoms with Gasteiger partial charge in [0.25, 0.3) is 5.91 Å². The van der Waals surface area contributed by atoms with Crippen molar-refractivity contribution in [3.8, 4) is 0 Å². The first-order valence-electron chi connectivity index (χ1n) is 8.03. The average Bonchev–Trinajstić information content (AvgIpc) is 2.69. The van der Waals surface area contributed by atoms with Crippen LogP contribution in [0.2, 0.25) is 0 Å². The summed E-state index contributed by atoms with van der Waals surface area (Å²) in [5, 5.41) is 10.6. The predicted octanol–water partition coefficient (Wildman–Crippen LogP) is 2.41. The fourth-order valence-corrected chi connectivity index (χ4v) is 4.01. The van der Waals surface area contributed by atoms with Gasteiger partial charge < -0.3 is 14.7 Å². The quantitative estimate of drug-likeness (QED) is 0.852. The molecular weight excluding hydrogens is 278 g/mol. The molecule has 3 aliphatic rings. The van der Waals surface area contributed by atoms with Crippen LogP contribution < -0.4 is 0 Å². The molecule has 1 aliphatic heterocycles. The van der Waals surface area contributed by atoms with Crippen molar-refractivity contribution >= 4 is 5.91 Å². The van der Waals surface area contributed by atoms with Crippen molar-refractivity contribution in [2.45, 2.75) is 46.3 Å². The maximum Gasteiger partial charge on any atom is 0.254 e. The number of likely N-dealkylation sites (N-methyl/N-ethyl adjacent to an activating group) is 1. The minimum absolute atomic E-state index is 0.0724. The molecule has 2 aliphatic carbocycles. The van der Waals surface area contributed by atoms with E-state index in [1.807, 2.05) is 27.0 Å². The standard InChI is InChI=1S/C18H25NO3/c1-6-22-15-8-12-7-14-13(10(2)17(21)19(14)5)9-18(12,4)11(3)16(15)20/h7-8,11,15-16,20H,6,9H2,1-5H3/t11-,15+,16+,18+/m0/s1. The molecule has 0 radical (unpaired) electrons. The number of carbonyl (C=O) groups is 1. The molecule has 0 bridgehead atoms. The zero-order valence-corrected chi connectivity index (χ0v) is 14.0. The molecule has 0 unspecified atom stereocenters. The van der Waals surface area contributed by atoms with Crippen LogP contribution in [0.3, 0.4) is 0 Å². The Balaban J connectivity index is 2.12. The Kier molecular flexibility index (Phi) is 3.57. The zero-order chi connectivity index (χ0) is 16.2. The van der Waals surface area contributed by atoms with E-state index >= 15 is 0 Å². The highest BCUT2D eigenvalue weighted by Crippen LogP contribution is 2.53. The Bertz CT molecular complexity index is 616. The fourth-order valence-electron chi connectivity index (χ4n) is 4.01. The second-order valence-electron chi connectivity index (χ2n) is 6.91. The molecule has 0 saturated heterocycles. The molecule has 4 atom stereocenters. The van der Waals surface area contributed by atoms with E-state index in [-0.39, 0.29) is 23.3 Å². The van der Waals surface area contributed by atoms with Crippen molar-refractivity contribution in [2.75, 3.05) is 13.7 Å². The molecule has 0 fully saturated rings. The number of hydrogen-bond donors (Lipinski definition) is 1. The molecule has 4 heteroatoms. The van der Waals surface area contributed by atoms with Gasteiger partial charge in [-0.2, -0.15) is 0 Å². The Labute approximate surface area is 132 Å². The summed E-state index contributed by atoms with van der Waals surface area (Å²) in [6, 6.07) is 0. The second-order valence-corrected chi connectivity index (χ2v) is 6.91. The van der Waals surface area contributed by atoms with E-state index in [4.69, 9.17) is 4.74 Å². The minimum Gasteiger partial charge on any atom is -0.390 e. The maximum atomic E-state index is 12.2. The second kappa shape index (κ2) is 5.07. The first kappa shape index (κ1) is 15.5. The van der Waals surface area contributed by atoms with E-state index in [0.717, 1.165) is 23.3 Å². The number of fused-ring (bicyclic) bond motifs is 2. The number of ether oxygens (including phenoxy) is 1. The monoisotopic (exact) mass is 303 g/mol. The molecule has 0 aromatic rings. The first-order valence-corrected chi connectivity index (χ1v) is 8.03. The summed E-state index contributed by atoms with van der Waals surface area (Å²) in [4.78, 5) is 14.0. The third kappa shape index (κ3) is 1.94. The summed E-state index contributed by atoms with van der Waals surface area (Å²) in [5.74, 6) is 0.154. The van der Waals surface area contributed by atoms with Gasteiger partial charge in [0, 0.05) is 30.3 Å². The number of carbonyl (C=O) groups excluding carboxylic acids is 1. The molecule has 4 nitrogen and oxygen atoms in total. The largest absolute Gasteiger partial charge is 0.390 e. The third-order valence-corrected chi connectivity index (χ3v) is 5.80. The number of amides is 1. The number of rotatable bonds is 2. The molecule has 22 heavy (non-hydrogen) atoms. The van der Waals surface area contributed by atoms with Crippen LogP contribution in [0.1, 0.15) is 34.1 Å². The number of nitrogens with zero attached hydrogens (tertiary/aromatic N) is 1. The molecule has 0 saturated carbocycles. The summed E-state index contributed by atoms with van der Waals surface area (Å²) in [7, 11) is 1.83. The van der Waals surface area contributed by atoms with Gasteiger partial charge in [-0.05, 0) is 49.5 Å². The van der Waals surface area contributed by atoms with E-state index in [2.05, 4.69) is 19.9 Å². The molecule has 1 N–H and O–H groups in total. The number of allylic oxidation sites excluding steroid dienone is 3. The molecule has 0 spiro atoms. The Hall–Kier alpha value is -1.39. The molecule has 1 amide bonds. The van der Waals surface area contributed by atoms with Crippen molar-refractivity contribution in [3.05, 3.63) is 34.6 Å². The first-order chi connectivity index (χ1) is 10.3. The van der Waals surface area contributed by atoms with E-state index in [9.17, 15) is 9.90 Å². The van der Waals surface area contributed by atoms with Crippen LogP contribution in [0.25, 0.3) is 0 Å². The van der Waals surface area contributed by atoms with Crippen LogP contribution in [0.15, 0.2) is 34.6 Å². The number of aliphatic hydroxyl groups is 1. The normalized spacial score (nSPS) is 37.8. The fraction of sp³-hybridized carbons (Fsp3) is 0.611. The average molecular weight is 303 g/mol. The van der Waals surface area contributed by atoms with Crippen LogP contribution in [-0.2, 0) is 9.53 Å². The lowest BCUT2D eigenvalue weighted by Gasteiger charge is -2.48. The van der Waals surface area contributed by atoms with Gasteiger partial charge in [-0.15, -0.1) is 0 Å². The summed E-state index contributed by atoms with van der Waals surface area (Å²) < 4.78 is 5.69. The molecule has 0 aromatic carbocycles. The van der Waals surface area contributed by atoms with Crippen LogP contribution in [0, 0.1) is 11.3 Å². The lowest BCUT2D eigenvalue weighted by atomic mass is 9.60. The molecular formula is C18H25NO3. The van der Waals surface area contributed by atoms with E-state index in [1.165, 1.54) is 5.57 Å². The number of aliphatic hydroxyl groups excluding tert-OH is 1. The van der Waals surface area contributed by atoms with E-state index in [1.54, 1.807) is 4.90 Å². The minimum atomic E-state index is -0.514. The van der Waals surface area contributed by atoms with Gasteiger partial charge >= 0.3 is 0 Å². The molecule has 3 rings (SSSR count). The van der Waals surface area contributed by atoms with Crippen LogP contribution in [-0.4, -0.2) is 41.8 Å². The van der Waals surface area contributed by atoms with Crippen molar-refractivity contribution in [1.29, 1.82) is 0 Å². The molecule has 120 valence electrons. The zero-order valence-electron chi connectivity index (χ0n) is 14.0. The highest BCUT2D eigenvalue weighted by Gasteiger charge is 2.49. The van der Waals surface area contributed by atoms with Crippen molar-refractivity contribution < 1.29 is 14.6 Å². The molecule has 0 aromatic heterocycles. The maximum absolute atomic E-state index is 12.2. The molecule has 1 heterocycles. The van der Waals surface area contributed by atoms with Gasteiger partial charge in [-0.25, -0.2) is 0 Å². The lowest BCUT2D eigenvalue weighted by Crippen LogP contribution is -2.47. The smallest absolute Gasteiger partial charge is 0.254 e. The van der Waals surface area contributed by atoms with Gasteiger partial charge in [-0.1, -0.05) is 13.8 Å². The Morgan fingerprint density at radius 1 is 1.50 bits per heavy atom. The predicted molar refractivity (Wildman–Crippen MR) is 84.9 cm³/mol. The van der Waals surface area contributed by atoms with Crippen LogP contribution in [0.5, 0.6) is 0 Å². The van der Waals surface area contributed by atoms with Crippen LogP contribution in [0.4, 0.5) is 0 Å². The highest BCUT2D eigenvalue weighted by atomic mass is 16.5. The van der Waals surface area contributed by atoms with E-state index < -0.39 is 6.10 Å². The SMILES string of the molecule is CCO[C@@H]1C=C2C=C3C(=C(C)C(=O)N3C)C[C@]2(C)[C@@H](C)[C@H]1O. The van der Waals surface area contributed by atoms with Gasteiger partial charge in [-0.3, -0.25) is 4.79 Å². The van der Waals surface area contributed by atoms with Gasteiger partial charge in [0.15, 0.2) is 0 Å². The van der Waals surface area contributed by atoms with Gasteiger partial charge in [0.2, 0.25) is 0 Å². The summed E-state index contributed by atoms with van der Waals surface area (Å²) in [6.45, 7) is 8.69. The third-order valence-electron chi connectivity index (χ3n) is 5.80. The van der Waals surface area contributed by atoms with Gasteiger partial charge in [0.1, 0.15) is 6.10 Å². The topological polar surface area (TPSA) is 49.8 Å².